The lowest BCUT2D eigenvalue weighted by Crippen LogP contribution is -2.27. The fourth-order valence-corrected chi connectivity index (χ4v) is 2.91. The molecule has 1 aromatic carbocycles. The van der Waals surface area contributed by atoms with Crippen molar-refractivity contribution in [1.29, 1.82) is 0 Å². The number of sulfonamides is 1. The molecule has 90 valence electrons. The van der Waals surface area contributed by atoms with E-state index in [-0.39, 0.29) is 4.66 Å². The summed E-state index contributed by atoms with van der Waals surface area (Å²) in [7, 11) is -3.32. The number of benzene rings is 1. The van der Waals surface area contributed by atoms with E-state index in [0.717, 1.165) is 0 Å². The van der Waals surface area contributed by atoms with Crippen LogP contribution in [0, 0.1) is 0 Å². The first-order valence-corrected chi connectivity index (χ1v) is 7.89. The summed E-state index contributed by atoms with van der Waals surface area (Å²) in [6, 6.07) is 4.55. The lowest BCUT2D eigenvalue weighted by atomic mass is 10.1. The second-order valence-corrected chi connectivity index (χ2v) is 7.13. The largest absolute Gasteiger partial charge is 0.222 e. The van der Waals surface area contributed by atoms with Crippen molar-refractivity contribution < 1.29 is 8.42 Å². The summed E-state index contributed by atoms with van der Waals surface area (Å²) in [4.78, 5) is 0. The Morgan fingerprint density at radius 2 is 2.06 bits per heavy atom. The van der Waals surface area contributed by atoms with Crippen LogP contribution >= 0.6 is 39.1 Å². The molecule has 0 spiro atoms. The van der Waals surface area contributed by atoms with Crippen molar-refractivity contribution in [2.24, 2.45) is 0 Å². The monoisotopic (exact) mass is 345 g/mol. The third kappa shape index (κ3) is 3.89. The van der Waals surface area contributed by atoms with Crippen molar-refractivity contribution in [2.45, 2.75) is 13.0 Å². The Morgan fingerprint density at radius 3 is 2.56 bits per heavy atom. The Balaban J connectivity index is 2.93. The predicted octanol–water partition coefficient (Wildman–Crippen LogP) is 3.33. The molecule has 0 amide bonds. The summed E-state index contributed by atoms with van der Waals surface area (Å²) in [6.07, 6.45) is 0. The average Bonchev–Trinajstić information content (AvgIpc) is 2.16. The Labute approximate surface area is 113 Å². The van der Waals surface area contributed by atoms with Crippen LogP contribution in [-0.4, -0.2) is 13.1 Å². The van der Waals surface area contributed by atoms with Crippen LogP contribution in [0.3, 0.4) is 0 Å². The summed E-state index contributed by atoms with van der Waals surface area (Å²) in [5.74, 6) is 0. The highest BCUT2D eigenvalue weighted by molar-refractivity contribution is 9.10. The smallest absolute Gasteiger partial charge is 0.212 e. The molecule has 0 heterocycles. The summed E-state index contributed by atoms with van der Waals surface area (Å²) < 4.78 is 25.0. The molecular formula is C9H10BrCl2NO2S. The standard InChI is InChI=1S/C9H10BrCl2NO2S/c1-6(13-16(14,15)5-10)8-3-2-7(11)4-9(8)12/h2-4,6,13H,5H2,1H3. The van der Waals surface area contributed by atoms with Gasteiger partial charge in [0.25, 0.3) is 0 Å². The van der Waals surface area contributed by atoms with Crippen LogP contribution in [0.2, 0.25) is 10.0 Å². The first-order chi connectivity index (χ1) is 7.35. The van der Waals surface area contributed by atoms with Crippen LogP contribution in [0.4, 0.5) is 0 Å². The highest BCUT2D eigenvalue weighted by Crippen LogP contribution is 2.26. The van der Waals surface area contributed by atoms with Gasteiger partial charge in [-0.25, -0.2) is 13.1 Å². The quantitative estimate of drug-likeness (QED) is 0.850. The van der Waals surface area contributed by atoms with E-state index in [2.05, 4.69) is 20.7 Å². The molecule has 0 radical (unpaired) electrons. The van der Waals surface area contributed by atoms with Gasteiger partial charge >= 0.3 is 0 Å². The van der Waals surface area contributed by atoms with Gasteiger partial charge in [0.05, 0.1) is 0 Å². The van der Waals surface area contributed by atoms with Crippen LogP contribution < -0.4 is 4.72 Å². The number of halogens is 3. The Kier molecular flexibility index (Phi) is 5.07. The van der Waals surface area contributed by atoms with Gasteiger partial charge < -0.3 is 0 Å². The summed E-state index contributed by atoms with van der Waals surface area (Å²) in [6.45, 7) is 1.72. The zero-order valence-electron chi connectivity index (χ0n) is 8.38. The molecule has 0 aromatic heterocycles. The van der Waals surface area contributed by atoms with E-state index in [9.17, 15) is 8.42 Å². The highest BCUT2D eigenvalue weighted by atomic mass is 79.9. The average molecular weight is 347 g/mol. The minimum Gasteiger partial charge on any atom is -0.212 e. The van der Waals surface area contributed by atoms with Gasteiger partial charge in [-0.2, -0.15) is 0 Å². The molecule has 1 rings (SSSR count). The van der Waals surface area contributed by atoms with Gasteiger partial charge in [-0.3, -0.25) is 0 Å². The molecule has 3 nitrogen and oxygen atoms in total. The molecule has 0 saturated heterocycles. The van der Waals surface area contributed by atoms with Crippen molar-refractivity contribution >= 4 is 49.2 Å². The van der Waals surface area contributed by atoms with Crippen LogP contribution in [0.1, 0.15) is 18.5 Å². The van der Waals surface area contributed by atoms with Crippen molar-refractivity contribution in [3.8, 4) is 0 Å². The molecule has 0 fully saturated rings. The lowest BCUT2D eigenvalue weighted by Gasteiger charge is -2.15. The van der Waals surface area contributed by atoms with Gasteiger partial charge in [-0.15, -0.1) is 0 Å². The second kappa shape index (κ2) is 5.69. The van der Waals surface area contributed by atoms with Crippen molar-refractivity contribution in [3.63, 3.8) is 0 Å². The maximum absolute atomic E-state index is 11.3. The molecule has 1 aromatic rings. The van der Waals surface area contributed by atoms with Crippen LogP contribution in [0.25, 0.3) is 0 Å². The van der Waals surface area contributed by atoms with Crippen LogP contribution in [0.15, 0.2) is 18.2 Å². The van der Waals surface area contributed by atoms with E-state index in [1.54, 1.807) is 25.1 Å². The molecular weight excluding hydrogens is 337 g/mol. The lowest BCUT2D eigenvalue weighted by molar-refractivity contribution is 0.572. The molecule has 0 saturated carbocycles. The number of hydrogen-bond acceptors (Lipinski definition) is 2. The van der Waals surface area contributed by atoms with E-state index in [0.29, 0.717) is 15.6 Å². The van der Waals surface area contributed by atoms with E-state index >= 15 is 0 Å². The Hall–Kier alpha value is 0.190. The topological polar surface area (TPSA) is 46.2 Å². The Morgan fingerprint density at radius 1 is 1.44 bits per heavy atom. The first kappa shape index (κ1) is 14.3. The van der Waals surface area contributed by atoms with Gasteiger partial charge in [0, 0.05) is 16.1 Å². The van der Waals surface area contributed by atoms with E-state index in [1.165, 1.54) is 0 Å². The molecule has 0 bridgehead atoms. The first-order valence-electron chi connectivity index (χ1n) is 4.36. The molecule has 1 N–H and O–H groups in total. The predicted molar refractivity (Wildman–Crippen MR) is 70.7 cm³/mol. The maximum Gasteiger partial charge on any atom is 0.222 e. The number of hydrogen-bond donors (Lipinski definition) is 1. The fourth-order valence-electron chi connectivity index (χ4n) is 1.22. The van der Waals surface area contributed by atoms with Gasteiger partial charge in [0.2, 0.25) is 10.0 Å². The number of rotatable bonds is 4. The van der Waals surface area contributed by atoms with Crippen molar-refractivity contribution in [1.82, 2.24) is 4.72 Å². The van der Waals surface area contributed by atoms with Crippen LogP contribution in [0.5, 0.6) is 0 Å². The minimum absolute atomic E-state index is 0.143. The van der Waals surface area contributed by atoms with Crippen molar-refractivity contribution in [3.05, 3.63) is 33.8 Å². The van der Waals surface area contributed by atoms with Gasteiger partial charge in [-0.05, 0) is 24.6 Å². The molecule has 0 aliphatic rings. The van der Waals surface area contributed by atoms with E-state index in [1.807, 2.05) is 0 Å². The van der Waals surface area contributed by atoms with Gasteiger partial charge in [0.1, 0.15) is 4.66 Å². The third-order valence-electron chi connectivity index (χ3n) is 1.93. The molecule has 0 aliphatic carbocycles. The zero-order valence-corrected chi connectivity index (χ0v) is 12.3. The number of alkyl halides is 1. The summed E-state index contributed by atoms with van der Waals surface area (Å²) in [5, 5.41) is 0.960. The molecule has 1 unspecified atom stereocenters. The van der Waals surface area contributed by atoms with Gasteiger partial charge in [-0.1, -0.05) is 45.2 Å². The summed E-state index contributed by atoms with van der Waals surface area (Å²) >= 11 is 14.6. The molecule has 7 heteroatoms. The minimum atomic E-state index is -3.32. The summed E-state index contributed by atoms with van der Waals surface area (Å²) in [5.41, 5.74) is 0.690. The third-order valence-corrected chi connectivity index (χ3v) is 5.30. The fraction of sp³-hybridized carbons (Fsp3) is 0.333. The van der Waals surface area contributed by atoms with E-state index < -0.39 is 16.1 Å². The zero-order chi connectivity index (χ0) is 12.3. The Bertz CT molecular complexity index is 478. The highest BCUT2D eigenvalue weighted by Gasteiger charge is 2.16. The second-order valence-electron chi connectivity index (χ2n) is 3.23. The van der Waals surface area contributed by atoms with Crippen molar-refractivity contribution in [2.75, 3.05) is 4.66 Å². The maximum atomic E-state index is 11.3. The SMILES string of the molecule is CC(NS(=O)(=O)CBr)c1ccc(Cl)cc1Cl. The van der Waals surface area contributed by atoms with Crippen LogP contribution in [-0.2, 0) is 10.0 Å². The number of nitrogens with one attached hydrogen (secondary N) is 1. The normalized spacial score (nSPS) is 13.8. The van der Waals surface area contributed by atoms with E-state index in [4.69, 9.17) is 23.2 Å². The molecule has 1 atom stereocenters. The molecule has 16 heavy (non-hydrogen) atoms. The van der Waals surface area contributed by atoms with Gasteiger partial charge in [0.15, 0.2) is 0 Å². The molecule has 0 aliphatic heterocycles.